The van der Waals surface area contributed by atoms with Gasteiger partial charge in [-0.2, -0.15) is 0 Å². The molecule has 17 heavy (non-hydrogen) atoms. The van der Waals surface area contributed by atoms with Gasteiger partial charge in [-0.05, 0) is 17.5 Å². The quantitative estimate of drug-likeness (QED) is 0.880. The van der Waals surface area contributed by atoms with Gasteiger partial charge in [-0.3, -0.25) is 9.79 Å². The van der Waals surface area contributed by atoms with Gasteiger partial charge in [-0.25, -0.2) is 0 Å². The molecule has 0 saturated heterocycles. The second-order valence-corrected chi connectivity index (χ2v) is 4.93. The maximum absolute atomic E-state index is 11.6. The van der Waals surface area contributed by atoms with Gasteiger partial charge in [0.15, 0.2) is 0 Å². The molecule has 0 bridgehead atoms. The molecule has 1 aromatic carbocycles. The van der Waals surface area contributed by atoms with Crippen LogP contribution in [-0.4, -0.2) is 17.8 Å². The average molecular weight is 251 g/mol. The first-order chi connectivity index (χ1) is 8.08. The summed E-state index contributed by atoms with van der Waals surface area (Å²) in [6.45, 7) is 3.98. The monoisotopic (exact) mass is 250 g/mol. The number of carbonyl (C=O) groups is 1. The Kier molecular flexibility index (Phi) is 3.48. The molecule has 3 nitrogen and oxygen atoms in total. The summed E-state index contributed by atoms with van der Waals surface area (Å²) in [7, 11) is 0. The van der Waals surface area contributed by atoms with Crippen molar-refractivity contribution in [2.24, 2.45) is 10.9 Å². The standard InChI is InChI=1S/C13H15ClN2O/c1-8(2)12-13(17)16-11(15-12)7-9-5-3-4-6-10(9)14/h3-6,8,12H,7H2,1-2H3,(H,15,16,17). The second kappa shape index (κ2) is 4.88. The lowest BCUT2D eigenvalue weighted by molar-refractivity contribution is -0.120. The van der Waals surface area contributed by atoms with Crippen molar-refractivity contribution in [2.45, 2.75) is 26.3 Å². The van der Waals surface area contributed by atoms with E-state index in [0.29, 0.717) is 17.3 Å². The summed E-state index contributed by atoms with van der Waals surface area (Å²) in [5.74, 6) is 0.919. The number of amidine groups is 1. The van der Waals surface area contributed by atoms with Crippen molar-refractivity contribution in [1.29, 1.82) is 0 Å². The molecule has 1 aromatic rings. The maximum atomic E-state index is 11.6. The predicted molar refractivity (Wildman–Crippen MR) is 69.4 cm³/mol. The van der Waals surface area contributed by atoms with Gasteiger partial charge in [0.05, 0.1) is 0 Å². The summed E-state index contributed by atoms with van der Waals surface area (Å²) in [5, 5.41) is 3.52. The van der Waals surface area contributed by atoms with Gasteiger partial charge in [0.2, 0.25) is 5.91 Å². The highest BCUT2D eigenvalue weighted by molar-refractivity contribution is 6.31. The zero-order chi connectivity index (χ0) is 12.4. The van der Waals surface area contributed by atoms with Crippen LogP contribution in [0, 0.1) is 5.92 Å². The van der Waals surface area contributed by atoms with Gasteiger partial charge in [0.25, 0.3) is 0 Å². The molecule has 1 amide bonds. The van der Waals surface area contributed by atoms with Gasteiger partial charge in [0.1, 0.15) is 11.9 Å². The molecule has 1 atom stereocenters. The Hall–Kier alpha value is -1.35. The van der Waals surface area contributed by atoms with Crippen molar-refractivity contribution in [3.63, 3.8) is 0 Å². The topological polar surface area (TPSA) is 41.5 Å². The summed E-state index contributed by atoms with van der Waals surface area (Å²) in [6.07, 6.45) is 0.578. The molecule has 1 aliphatic heterocycles. The lowest BCUT2D eigenvalue weighted by Gasteiger charge is -2.06. The van der Waals surface area contributed by atoms with Crippen LogP contribution in [0.2, 0.25) is 5.02 Å². The molecule has 0 fully saturated rings. The Morgan fingerprint density at radius 3 is 2.71 bits per heavy atom. The summed E-state index contributed by atoms with van der Waals surface area (Å²) >= 11 is 6.07. The van der Waals surface area contributed by atoms with Crippen molar-refractivity contribution >= 4 is 23.3 Å². The van der Waals surface area contributed by atoms with Crippen LogP contribution in [-0.2, 0) is 11.2 Å². The number of rotatable bonds is 3. The summed E-state index contributed by atoms with van der Waals surface area (Å²) in [5.41, 5.74) is 0.984. The van der Waals surface area contributed by atoms with Crippen LogP contribution < -0.4 is 5.32 Å². The lowest BCUT2D eigenvalue weighted by Crippen LogP contribution is -2.31. The van der Waals surface area contributed by atoms with Crippen molar-refractivity contribution in [3.8, 4) is 0 Å². The highest BCUT2D eigenvalue weighted by Crippen LogP contribution is 2.18. The molecule has 0 radical (unpaired) electrons. The van der Waals surface area contributed by atoms with Crippen LogP contribution in [0.3, 0.4) is 0 Å². The van der Waals surface area contributed by atoms with E-state index in [1.54, 1.807) is 0 Å². The molecule has 2 rings (SSSR count). The van der Waals surface area contributed by atoms with Crippen molar-refractivity contribution < 1.29 is 4.79 Å². The molecule has 0 saturated carbocycles. The van der Waals surface area contributed by atoms with E-state index in [-0.39, 0.29) is 17.9 Å². The van der Waals surface area contributed by atoms with E-state index in [9.17, 15) is 4.79 Å². The summed E-state index contributed by atoms with van der Waals surface area (Å²) in [4.78, 5) is 16.0. The number of hydrogen-bond donors (Lipinski definition) is 1. The Bertz CT molecular complexity index is 468. The number of hydrogen-bond acceptors (Lipinski definition) is 2. The number of benzene rings is 1. The van der Waals surface area contributed by atoms with Crippen LogP contribution in [0.25, 0.3) is 0 Å². The smallest absolute Gasteiger partial charge is 0.250 e. The van der Waals surface area contributed by atoms with Crippen LogP contribution in [0.1, 0.15) is 19.4 Å². The Balaban J connectivity index is 2.14. The summed E-state index contributed by atoms with van der Waals surface area (Å²) in [6, 6.07) is 7.34. The number of aliphatic imine (C=N–C) groups is 1. The van der Waals surface area contributed by atoms with E-state index in [1.807, 2.05) is 38.1 Å². The van der Waals surface area contributed by atoms with Gasteiger partial charge in [-0.15, -0.1) is 0 Å². The highest BCUT2D eigenvalue weighted by Gasteiger charge is 2.28. The fourth-order valence-electron chi connectivity index (χ4n) is 1.84. The molecular weight excluding hydrogens is 236 g/mol. The third-order valence-electron chi connectivity index (χ3n) is 2.78. The molecular formula is C13H15ClN2O. The first-order valence-corrected chi connectivity index (χ1v) is 6.06. The van der Waals surface area contributed by atoms with E-state index in [4.69, 9.17) is 11.6 Å². The molecule has 0 aliphatic carbocycles. The minimum absolute atomic E-state index is 0.0120. The fourth-order valence-corrected chi connectivity index (χ4v) is 2.04. The lowest BCUT2D eigenvalue weighted by atomic mass is 10.1. The molecule has 0 spiro atoms. The van der Waals surface area contributed by atoms with Gasteiger partial charge >= 0.3 is 0 Å². The Morgan fingerprint density at radius 1 is 1.41 bits per heavy atom. The number of nitrogens with zero attached hydrogens (tertiary/aromatic N) is 1. The summed E-state index contributed by atoms with van der Waals surface area (Å²) < 4.78 is 0. The fraction of sp³-hybridized carbons (Fsp3) is 0.385. The van der Waals surface area contributed by atoms with Gasteiger partial charge < -0.3 is 5.32 Å². The zero-order valence-electron chi connectivity index (χ0n) is 9.90. The number of amides is 1. The molecule has 1 aliphatic rings. The van der Waals surface area contributed by atoms with Crippen LogP contribution >= 0.6 is 11.6 Å². The minimum Gasteiger partial charge on any atom is -0.312 e. The van der Waals surface area contributed by atoms with Crippen LogP contribution in [0.5, 0.6) is 0 Å². The first-order valence-electron chi connectivity index (χ1n) is 5.69. The van der Waals surface area contributed by atoms with Crippen molar-refractivity contribution in [3.05, 3.63) is 34.9 Å². The first kappa shape index (κ1) is 12.1. The largest absolute Gasteiger partial charge is 0.312 e. The highest BCUT2D eigenvalue weighted by atomic mass is 35.5. The minimum atomic E-state index is -0.257. The SMILES string of the molecule is CC(C)C1N=C(Cc2ccccc2Cl)NC1=O. The van der Waals surface area contributed by atoms with E-state index in [2.05, 4.69) is 10.3 Å². The number of carbonyl (C=O) groups excluding carboxylic acids is 1. The van der Waals surface area contributed by atoms with E-state index in [1.165, 1.54) is 0 Å². The number of nitrogens with one attached hydrogen (secondary N) is 1. The van der Waals surface area contributed by atoms with E-state index >= 15 is 0 Å². The zero-order valence-corrected chi connectivity index (χ0v) is 10.7. The molecule has 1 unspecified atom stereocenters. The van der Waals surface area contributed by atoms with Crippen molar-refractivity contribution in [2.75, 3.05) is 0 Å². The van der Waals surface area contributed by atoms with Crippen LogP contribution in [0.4, 0.5) is 0 Å². The van der Waals surface area contributed by atoms with E-state index < -0.39 is 0 Å². The molecule has 0 aromatic heterocycles. The molecule has 90 valence electrons. The van der Waals surface area contributed by atoms with Crippen LogP contribution in [0.15, 0.2) is 29.3 Å². The predicted octanol–water partition coefficient (Wildman–Crippen LogP) is 2.44. The third-order valence-corrected chi connectivity index (χ3v) is 3.15. The second-order valence-electron chi connectivity index (χ2n) is 4.52. The van der Waals surface area contributed by atoms with E-state index in [0.717, 1.165) is 5.56 Å². The van der Waals surface area contributed by atoms with Crippen molar-refractivity contribution in [1.82, 2.24) is 5.32 Å². The normalized spacial score (nSPS) is 19.4. The molecule has 1 N–H and O–H groups in total. The third kappa shape index (κ3) is 2.67. The molecule has 4 heteroatoms. The Morgan fingerprint density at radius 2 is 2.12 bits per heavy atom. The maximum Gasteiger partial charge on any atom is 0.250 e. The Labute approximate surface area is 106 Å². The number of halogens is 1. The average Bonchev–Trinajstić information content (AvgIpc) is 2.63. The van der Waals surface area contributed by atoms with Gasteiger partial charge in [0, 0.05) is 11.4 Å². The molecule has 1 heterocycles. The van der Waals surface area contributed by atoms with Gasteiger partial charge in [-0.1, -0.05) is 43.6 Å².